The molecule has 1 aromatic carbocycles. The quantitative estimate of drug-likeness (QED) is 0.762. The molecule has 0 aliphatic carbocycles. The predicted molar refractivity (Wildman–Crippen MR) is 66.2 cm³/mol. The van der Waals surface area contributed by atoms with Gasteiger partial charge in [-0.05, 0) is 28.1 Å². The Hall–Kier alpha value is -0.740. The van der Waals surface area contributed by atoms with Gasteiger partial charge in [0, 0.05) is 0 Å². The van der Waals surface area contributed by atoms with Crippen LogP contribution in [-0.4, -0.2) is 29.3 Å². The van der Waals surface area contributed by atoms with Gasteiger partial charge in [0.15, 0.2) is 11.6 Å². The van der Waals surface area contributed by atoms with Crippen LogP contribution in [-0.2, 0) is 20.0 Å². The van der Waals surface area contributed by atoms with Crippen LogP contribution in [0.25, 0.3) is 0 Å². The van der Waals surface area contributed by atoms with Crippen molar-refractivity contribution in [3.63, 3.8) is 0 Å². The fraction of sp³-hybridized carbons (Fsp3) is 0.250. The zero-order valence-corrected chi connectivity index (χ0v) is 12.4. The van der Waals surface area contributed by atoms with Gasteiger partial charge in [0.1, 0.15) is 5.69 Å². The van der Waals surface area contributed by atoms with Gasteiger partial charge in [-0.2, -0.15) is 3.71 Å². The van der Waals surface area contributed by atoms with E-state index in [0.29, 0.717) is 12.5 Å². The Kier molecular flexibility index (Phi) is 4.03. The lowest BCUT2D eigenvalue weighted by Gasteiger charge is -2.20. The number of hydrogen-bond donors (Lipinski definition) is 0. The Morgan fingerprint density at radius 1 is 1.00 bits per heavy atom. The third-order valence-electron chi connectivity index (χ3n) is 1.81. The molecule has 0 atom stereocenters. The second-order valence-electron chi connectivity index (χ2n) is 3.42. The minimum Gasteiger partial charge on any atom is -0.206 e. The van der Waals surface area contributed by atoms with Gasteiger partial charge in [0.25, 0.3) is 0 Å². The highest BCUT2D eigenvalue weighted by Crippen LogP contribution is 2.30. The lowest BCUT2D eigenvalue weighted by molar-refractivity contribution is 0.505. The summed E-state index contributed by atoms with van der Waals surface area (Å²) < 4.78 is 72.0. The van der Waals surface area contributed by atoms with E-state index >= 15 is 0 Å². The molecule has 0 aliphatic heterocycles. The highest BCUT2D eigenvalue weighted by atomic mass is 79.9. The molecule has 18 heavy (non-hydrogen) atoms. The van der Waals surface area contributed by atoms with Crippen molar-refractivity contribution < 1.29 is 25.6 Å². The minimum absolute atomic E-state index is 0.162. The number of benzene rings is 1. The van der Waals surface area contributed by atoms with Gasteiger partial charge in [-0.1, -0.05) is 0 Å². The largest absolute Gasteiger partial charge is 0.245 e. The molecular formula is C8H8BrF2NO4S2. The summed E-state index contributed by atoms with van der Waals surface area (Å²) >= 11 is 2.70. The molecule has 0 saturated heterocycles. The van der Waals surface area contributed by atoms with E-state index in [4.69, 9.17) is 0 Å². The minimum atomic E-state index is -4.30. The molecule has 0 amide bonds. The zero-order chi connectivity index (χ0) is 14.3. The first kappa shape index (κ1) is 15.3. The second-order valence-corrected chi connectivity index (χ2v) is 8.17. The number of anilines is 1. The van der Waals surface area contributed by atoms with Gasteiger partial charge in [0.2, 0.25) is 20.0 Å². The number of halogens is 3. The van der Waals surface area contributed by atoms with E-state index < -0.39 is 37.4 Å². The average molecular weight is 364 g/mol. The molecule has 0 spiro atoms. The Morgan fingerprint density at radius 3 is 1.83 bits per heavy atom. The Labute approximate surface area is 112 Å². The number of sulfonamides is 2. The molecule has 0 N–H and O–H groups in total. The molecule has 102 valence electrons. The average Bonchev–Trinajstić information content (AvgIpc) is 2.15. The predicted octanol–water partition coefficient (Wildman–Crippen LogP) is 1.45. The smallest absolute Gasteiger partial charge is 0.206 e. The monoisotopic (exact) mass is 363 g/mol. The Balaban J connectivity index is 3.67. The molecule has 0 aliphatic rings. The maximum absolute atomic E-state index is 13.6. The van der Waals surface area contributed by atoms with Crippen LogP contribution in [0.3, 0.4) is 0 Å². The third-order valence-corrected chi connectivity index (χ3v) is 5.65. The van der Waals surface area contributed by atoms with E-state index in [1.807, 2.05) is 0 Å². The molecule has 0 unspecified atom stereocenters. The van der Waals surface area contributed by atoms with Crippen molar-refractivity contribution in [2.45, 2.75) is 0 Å². The molecule has 0 saturated carbocycles. The molecule has 0 heterocycles. The van der Waals surface area contributed by atoms with Crippen LogP contribution in [0.5, 0.6) is 0 Å². The number of nitrogens with zero attached hydrogens (tertiary/aromatic N) is 1. The van der Waals surface area contributed by atoms with Gasteiger partial charge < -0.3 is 0 Å². The van der Waals surface area contributed by atoms with Crippen molar-refractivity contribution in [1.82, 2.24) is 0 Å². The van der Waals surface area contributed by atoms with Crippen LogP contribution in [0.4, 0.5) is 14.5 Å². The summed E-state index contributed by atoms with van der Waals surface area (Å²) in [5, 5.41) is 0. The molecular weight excluding hydrogens is 356 g/mol. The summed E-state index contributed by atoms with van der Waals surface area (Å²) in [6.45, 7) is 0. The van der Waals surface area contributed by atoms with E-state index in [1.54, 1.807) is 0 Å². The van der Waals surface area contributed by atoms with Crippen LogP contribution in [0.15, 0.2) is 16.6 Å². The molecule has 1 aromatic rings. The molecule has 0 fully saturated rings. The van der Waals surface area contributed by atoms with E-state index in [2.05, 4.69) is 15.9 Å². The van der Waals surface area contributed by atoms with Gasteiger partial charge in [-0.25, -0.2) is 25.6 Å². The van der Waals surface area contributed by atoms with Crippen molar-refractivity contribution >= 4 is 41.7 Å². The Morgan fingerprint density at radius 2 is 1.44 bits per heavy atom. The normalized spacial score (nSPS) is 12.5. The highest BCUT2D eigenvalue weighted by Gasteiger charge is 2.31. The number of hydrogen-bond acceptors (Lipinski definition) is 4. The summed E-state index contributed by atoms with van der Waals surface area (Å²) in [5.74, 6) is -2.94. The summed E-state index contributed by atoms with van der Waals surface area (Å²) in [4.78, 5) is 0. The van der Waals surface area contributed by atoms with Gasteiger partial charge in [0.05, 0.1) is 17.0 Å². The van der Waals surface area contributed by atoms with Crippen LogP contribution in [0.1, 0.15) is 0 Å². The maximum Gasteiger partial charge on any atom is 0.245 e. The first-order chi connectivity index (χ1) is 7.96. The van der Waals surface area contributed by atoms with Crippen LogP contribution >= 0.6 is 15.9 Å². The van der Waals surface area contributed by atoms with E-state index in [1.165, 1.54) is 0 Å². The highest BCUT2D eigenvalue weighted by molar-refractivity contribution is 9.10. The lowest BCUT2D eigenvalue weighted by atomic mass is 10.3. The Bertz CT molecular complexity index is 655. The fourth-order valence-electron chi connectivity index (χ4n) is 1.26. The molecule has 10 heteroatoms. The van der Waals surface area contributed by atoms with Crippen molar-refractivity contribution in [2.24, 2.45) is 0 Å². The summed E-state index contributed by atoms with van der Waals surface area (Å²) in [6.07, 6.45) is 1.15. The van der Waals surface area contributed by atoms with Crippen LogP contribution < -0.4 is 3.71 Å². The summed E-state index contributed by atoms with van der Waals surface area (Å²) in [7, 11) is -8.61. The summed E-state index contributed by atoms with van der Waals surface area (Å²) in [6, 6.07) is 1.86. The standard InChI is InChI=1S/C8H8BrF2NO4S2/c1-17(13,14)12(18(2,15)16)6-4-3-5(9)7(10)8(6)11/h3-4H,1-2H3. The molecule has 0 aromatic heterocycles. The van der Waals surface area contributed by atoms with E-state index in [-0.39, 0.29) is 8.18 Å². The van der Waals surface area contributed by atoms with E-state index in [9.17, 15) is 25.6 Å². The van der Waals surface area contributed by atoms with Crippen molar-refractivity contribution in [3.05, 3.63) is 28.2 Å². The van der Waals surface area contributed by atoms with Crippen molar-refractivity contribution in [3.8, 4) is 0 Å². The van der Waals surface area contributed by atoms with Crippen LogP contribution in [0.2, 0.25) is 0 Å². The van der Waals surface area contributed by atoms with Gasteiger partial charge >= 0.3 is 0 Å². The molecule has 1 rings (SSSR count). The van der Waals surface area contributed by atoms with E-state index in [0.717, 1.165) is 12.1 Å². The molecule has 0 bridgehead atoms. The van der Waals surface area contributed by atoms with Crippen molar-refractivity contribution in [2.75, 3.05) is 16.2 Å². The first-order valence-corrected chi connectivity index (χ1v) is 8.79. The zero-order valence-electron chi connectivity index (χ0n) is 9.19. The first-order valence-electron chi connectivity index (χ1n) is 4.30. The maximum atomic E-state index is 13.6. The molecule has 5 nitrogen and oxygen atoms in total. The summed E-state index contributed by atoms with van der Waals surface area (Å²) in [5.41, 5.74) is -0.888. The van der Waals surface area contributed by atoms with Crippen molar-refractivity contribution in [1.29, 1.82) is 0 Å². The second kappa shape index (κ2) is 4.74. The topological polar surface area (TPSA) is 71.5 Å². The van der Waals surface area contributed by atoms with Crippen LogP contribution in [0, 0.1) is 11.6 Å². The van der Waals surface area contributed by atoms with Gasteiger partial charge in [-0.15, -0.1) is 0 Å². The van der Waals surface area contributed by atoms with Gasteiger partial charge in [-0.3, -0.25) is 0 Å². The SMILES string of the molecule is CS(=O)(=O)N(c1ccc(Br)c(F)c1F)S(C)(=O)=O. The molecule has 0 radical (unpaired) electrons. The third kappa shape index (κ3) is 2.98. The number of rotatable bonds is 3. The lowest BCUT2D eigenvalue weighted by Crippen LogP contribution is -2.36. The fourth-order valence-corrected chi connectivity index (χ4v) is 4.53.